The lowest BCUT2D eigenvalue weighted by molar-refractivity contribution is -0.118. The predicted octanol–water partition coefficient (Wildman–Crippen LogP) is 5.50. The number of carbonyl (C=O) groups is 2. The van der Waals surface area contributed by atoms with Gasteiger partial charge in [-0.3, -0.25) is 9.59 Å². The number of halogens is 2. The minimum atomic E-state index is -0.324. The van der Waals surface area contributed by atoms with E-state index in [0.717, 1.165) is 21.3 Å². The Bertz CT molecular complexity index is 1160. The van der Waals surface area contributed by atoms with Crippen LogP contribution in [0, 0.1) is 13.8 Å². The molecule has 0 atom stereocenters. The first kappa shape index (κ1) is 23.5. The zero-order valence-corrected chi connectivity index (χ0v) is 19.8. The van der Waals surface area contributed by atoms with Crippen molar-refractivity contribution >= 4 is 51.2 Å². The molecule has 2 N–H and O–H groups in total. The molecule has 3 aromatic carbocycles. The normalized spacial score (nSPS) is 10.8. The summed E-state index contributed by atoms with van der Waals surface area (Å²) < 4.78 is 6.43. The summed E-state index contributed by atoms with van der Waals surface area (Å²) in [5.41, 5.74) is 6.47. The second-order valence-corrected chi connectivity index (χ2v) is 8.30. The molecule has 3 rings (SSSR count). The third-order valence-corrected chi connectivity index (χ3v) is 5.50. The van der Waals surface area contributed by atoms with Crippen molar-refractivity contribution < 1.29 is 14.3 Å². The maximum atomic E-state index is 12.2. The molecule has 32 heavy (non-hydrogen) atoms. The average Bonchev–Trinajstić information content (AvgIpc) is 2.77. The minimum absolute atomic E-state index is 0.177. The quantitative estimate of drug-likeness (QED) is 0.323. The van der Waals surface area contributed by atoms with Gasteiger partial charge in [0.1, 0.15) is 5.75 Å². The van der Waals surface area contributed by atoms with Crippen LogP contribution < -0.4 is 15.5 Å². The zero-order chi connectivity index (χ0) is 23.1. The molecule has 0 unspecified atom stereocenters. The van der Waals surface area contributed by atoms with E-state index in [9.17, 15) is 9.59 Å². The van der Waals surface area contributed by atoms with Crippen LogP contribution in [0.3, 0.4) is 0 Å². The number of ether oxygens (including phenoxy) is 1. The fraction of sp³-hybridized carbons (Fsp3) is 0.125. The number of aryl methyl sites for hydroxylation is 1. The van der Waals surface area contributed by atoms with E-state index in [1.54, 1.807) is 42.5 Å². The topological polar surface area (TPSA) is 79.8 Å². The molecule has 0 saturated carbocycles. The van der Waals surface area contributed by atoms with E-state index in [0.29, 0.717) is 21.9 Å². The lowest BCUT2D eigenvalue weighted by Crippen LogP contribution is -2.21. The first-order valence-electron chi connectivity index (χ1n) is 9.71. The molecule has 0 aliphatic carbocycles. The molecule has 8 heteroatoms. The Hall–Kier alpha value is -3.16. The van der Waals surface area contributed by atoms with Crippen molar-refractivity contribution in [2.75, 3.05) is 11.9 Å². The van der Waals surface area contributed by atoms with Crippen molar-refractivity contribution in [3.05, 3.63) is 92.4 Å². The molecule has 0 aromatic heterocycles. The molecule has 0 fully saturated rings. The van der Waals surface area contributed by atoms with E-state index in [4.69, 9.17) is 16.3 Å². The number of hydrogen-bond acceptors (Lipinski definition) is 4. The SMILES string of the molecule is Cc1cccc(NC(=O)COc2ccc(/C=N/NC(=O)c3ccc(Br)cc3)cc2Cl)c1C. The van der Waals surface area contributed by atoms with Crippen LogP contribution in [0.1, 0.15) is 27.0 Å². The van der Waals surface area contributed by atoms with Crippen LogP contribution in [0.4, 0.5) is 5.69 Å². The van der Waals surface area contributed by atoms with Crippen molar-refractivity contribution in [1.29, 1.82) is 0 Å². The maximum Gasteiger partial charge on any atom is 0.271 e. The summed E-state index contributed by atoms with van der Waals surface area (Å²) in [6.07, 6.45) is 1.47. The Morgan fingerprint density at radius 3 is 2.56 bits per heavy atom. The van der Waals surface area contributed by atoms with Gasteiger partial charge < -0.3 is 10.1 Å². The molecule has 6 nitrogen and oxygen atoms in total. The molecular weight excluding hydrogens is 494 g/mol. The van der Waals surface area contributed by atoms with Gasteiger partial charge in [0.2, 0.25) is 0 Å². The molecule has 0 aliphatic heterocycles. The molecular formula is C24H21BrClN3O3. The Balaban J connectivity index is 1.53. The second-order valence-electron chi connectivity index (χ2n) is 6.98. The molecule has 0 saturated heterocycles. The van der Waals surface area contributed by atoms with Crippen molar-refractivity contribution in [2.24, 2.45) is 5.10 Å². The van der Waals surface area contributed by atoms with Crippen LogP contribution in [-0.2, 0) is 4.79 Å². The van der Waals surface area contributed by atoms with Crippen molar-refractivity contribution in [3.63, 3.8) is 0 Å². The Labute approximate surface area is 199 Å². The molecule has 0 radical (unpaired) electrons. The van der Waals surface area contributed by atoms with Gasteiger partial charge in [0.05, 0.1) is 11.2 Å². The lowest BCUT2D eigenvalue weighted by Gasteiger charge is -2.12. The van der Waals surface area contributed by atoms with E-state index < -0.39 is 0 Å². The van der Waals surface area contributed by atoms with Crippen LogP contribution in [0.5, 0.6) is 5.75 Å². The van der Waals surface area contributed by atoms with Gasteiger partial charge in [-0.2, -0.15) is 5.10 Å². The van der Waals surface area contributed by atoms with Gasteiger partial charge in [-0.1, -0.05) is 39.7 Å². The number of hydrogen-bond donors (Lipinski definition) is 2. The van der Waals surface area contributed by atoms with Crippen molar-refractivity contribution in [3.8, 4) is 5.75 Å². The van der Waals surface area contributed by atoms with Crippen LogP contribution in [-0.4, -0.2) is 24.6 Å². The fourth-order valence-electron chi connectivity index (χ4n) is 2.76. The van der Waals surface area contributed by atoms with Crippen LogP contribution in [0.15, 0.2) is 70.2 Å². The average molecular weight is 515 g/mol. The number of hydrazone groups is 1. The number of anilines is 1. The second kappa shape index (κ2) is 10.9. The Morgan fingerprint density at radius 1 is 1.09 bits per heavy atom. The molecule has 3 aromatic rings. The third-order valence-electron chi connectivity index (χ3n) is 4.68. The van der Waals surface area contributed by atoms with Gasteiger partial charge in [-0.25, -0.2) is 5.43 Å². The summed E-state index contributed by atoms with van der Waals surface area (Å²) in [5, 5.41) is 7.11. The van der Waals surface area contributed by atoms with E-state index in [2.05, 4.69) is 31.8 Å². The molecule has 164 valence electrons. The van der Waals surface area contributed by atoms with E-state index >= 15 is 0 Å². The molecule has 0 aliphatic rings. The minimum Gasteiger partial charge on any atom is -0.482 e. The van der Waals surface area contributed by atoms with Gasteiger partial charge in [0.25, 0.3) is 11.8 Å². The van der Waals surface area contributed by atoms with Crippen molar-refractivity contribution in [2.45, 2.75) is 13.8 Å². The van der Waals surface area contributed by atoms with Gasteiger partial charge in [-0.05, 0) is 79.1 Å². The van der Waals surface area contributed by atoms with E-state index in [-0.39, 0.29) is 18.4 Å². The number of nitrogens with one attached hydrogen (secondary N) is 2. The first-order valence-corrected chi connectivity index (χ1v) is 10.9. The Kier molecular flexibility index (Phi) is 8.03. The Morgan fingerprint density at radius 2 is 1.84 bits per heavy atom. The highest BCUT2D eigenvalue weighted by atomic mass is 79.9. The predicted molar refractivity (Wildman–Crippen MR) is 131 cm³/mol. The summed E-state index contributed by atoms with van der Waals surface area (Å²) in [4.78, 5) is 24.3. The summed E-state index contributed by atoms with van der Waals surface area (Å²) in [5.74, 6) is -0.232. The van der Waals surface area contributed by atoms with Crippen LogP contribution in [0.2, 0.25) is 5.02 Å². The van der Waals surface area contributed by atoms with Crippen LogP contribution in [0.25, 0.3) is 0 Å². The molecule has 0 heterocycles. The largest absolute Gasteiger partial charge is 0.482 e. The number of rotatable bonds is 7. The van der Waals surface area contributed by atoms with Gasteiger partial charge in [-0.15, -0.1) is 0 Å². The van der Waals surface area contributed by atoms with E-state index in [1.165, 1.54) is 6.21 Å². The lowest BCUT2D eigenvalue weighted by atomic mass is 10.1. The summed E-state index contributed by atoms with van der Waals surface area (Å²) in [6, 6.07) is 17.6. The summed E-state index contributed by atoms with van der Waals surface area (Å²) in [7, 11) is 0. The first-order chi connectivity index (χ1) is 15.3. The fourth-order valence-corrected chi connectivity index (χ4v) is 3.27. The van der Waals surface area contributed by atoms with E-state index in [1.807, 2.05) is 32.0 Å². The molecule has 0 spiro atoms. The van der Waals surface area contributed by atoms with Gasteiger partial charge >= 0.3 is 0 Å². The van der Waals surface area contributed by atoms with Crippen molar-refractivity contribution in [1.82, 2.24) is 5.43 Å². The molecule has 0 bridgehead atoms. The number of nitrogens with zero attached hydrogens (tertiary/aromatic N) is 1. The number of benzene rings is 3. The van der Waals surface area contributed by atoms with Crippen LogP contribution >= 0.6 is 27.5 Å². The maximum absolute atomic E-state index is 12.2. The third kappa shape index (κ3) is 6.42. The number of amides is 2. The highest BCUT2D eigenvalue weighted by Crippen LogP contribution is 2.25. The zero-order valence-electron chi connectivity index (χ0n) is 17.5. The highest BCUT2D eigenvalue weighted by molar-refractivity contribution is 9.10. The summed E-state index contributed by atoms with van der Waals surface area (Å²) >= 11 is 9.58. The standard InChI is InChI=1S/C24H21BrClN3O3/c1-15-4-3-5-21(16(15)2)28-23(30)14-32-22-11-6-17(12-20(22)26)13-27-29-24(31)18-7-9-19(25)10-8-18/h3-13H,14H2,1-2H3,(H,28,30)(H,29,31)/b27-13+. The van der Waals surface area contributed by atoms with Gasteiger partial charge in [0, 0.05) is 15.7 Å². The van der Waals surface area contributed by atoms with Gasteiger partial charge in [0.15, 0.2) is 6.61 Å². The molecule has 2 amide bonds. The summed E-state index contributed by atoms with van der Waals surface area (Å²) in [6.45, 7) is 3.76. The highest BCUT2D eigenvalue weighted by Gasteiger charge is 2.09. The number of carbonyl (C=O) groups excluding carboxylic acids is 2. The smallest absolute Gasteiger partial charge is 0.271 e. The monoisotopic (exact) mass is 513 g/mol.